The van der Waals surface area contributed by atoms with Crippen LogP contribution < -0.4 is 18.9 Å². The van der Waals surface area contributed by atoms with Gasteiger partial charge in [0.1, 0.15) is 5.75 Å². The minimum absolute atomic E-state index is 0.156. The molecule has 146 valence electrons. The summed E-state index contributed by atoms with van der Waals surface area (Å²) in [5.74, 6) is 1.62. The van der Waals surface area contributed by atoms with Gasteiger partial charge in [-0.2, -0.15) is 0 Å². The van der Waals surface area contributed by atoms with Crippen molar-refractivity contribution < 1.29 is 28.5 Å². The Hall–Kier alpha value is -3.00. The molecule has 0 saturated heterocycles. The van der Waals surface area contributed by atoms with Gasteiger partial charge in [0.05, 0.1) is 32.9 Å². The van der Waals surface area contributed by atoms with Crippen LogP contribution in [0.1, 0.15) is 11.1 Å². The molecule has 28 heavy (non-hydrogen) atoms. The molecule has 0 unspecified atom stereocenters. The van der Waals surface area contributed by atoms with E-state index in [1.54, 1.807) is 31.4 Å². The van der Waals surface area contributed by atoms with E-state index < -0.39 is 5.97 Å². The SMILES string of the molecule is COc1ccc(C=C2N=C(c3cc(OC)c(OC)c(OC)c3)OC2=O)cc1Br. The highest BCUT2D eigenvalue weighted by Crippen LogP contribution is 2.39. The van der Waals surface area contributed by atoms with E-state index in [9.17, 15) is 4.79 Å². The molecule has 2 aromatic rings. The summed E-state index contributed by atoms with van der Waals surface area (Å²) < 4.78 is 27.3. The number of rotatable bonds is 6. The number of hydrogen-bond donors (Lipinski definition) is 0. The second kappa shape index (κ2) is 8.35. The molecule has 0 bridgehead atoms. The van der Waals surface area contributed by atoms with Crippen LogP contribution in [0.2, 0.25) is 0 Å². The summed E-state index contributed by atoms with van der Waals surface area (Å²) in [5, 5.41) is 0. The van der Waals surface area contributed by atoms with Crippen molar-refractivity contribution in [3.05, 3.63) is 51.6 Å². The summed E-state index contributed by atoms with van der Waals surface area (Å²) in [6, 6.07) is 8.77. The highest BCUT2D eigenvalue weighted by molar-refractivity contribution is 9.10. The van der Waals surface area contributed by atoms with Crippen LogP contribution in [-0.4, -0.2) is 40.3 Å². The first kappa shape index (κ1) is 19.8. The number of hydrogen-bond acceptors (Lipinski definition) is 7. The minimum Gasteiger partial charge on any atom is -0.496 e. The van der Waals surface area contributed by atoms with Gasteiger partial charge in [-0.1, -0.05) is 6.07 Å². The van der Waals surface area contributed by atoms with Gasteiger partial charge in [-0.05, 0) is 51.8 Å². The first-order chi connectivity index (χ1) is 13.5. The van der Waals surface area contributed by atoms with Crippen molar-refractivity contribution in [1.29, 1.82) is 0 Å². The Morgan fingerprint density at radius 1 is 0.929 bits per heavy atom. The lowest BCUT2D eigenvalue weighted by molar-refractivity contribution is -0.129. The summed E-state index contributed by atoms with van der Waals surface area (Å²) in [6.07, 6.45) is 1.64. The van der Waals surface area contributed by atoms with Gasteiger partial charge in [-0.15, -0.1) is 0 Å². The van der Waals surface area contributed by atoms with Crippen molar-refractivity contribution in [3.8, 4) is 23.0 Å². The van der Waals surface area contributed by atoms with Gasteiger partial charge in [0, 0.05) is 5.56 Å². The van der Waals surface area contributed by atoms with Gasteiger partial charge in [0.25, 0.3) is 0 Å². The van der Waals surface area contributed by atoms with Gasteiger partial charge < -0.3 is 23.7 Å². The standard InChI is InChI=1S/C20H18BrNO6/c1-24-15-6-5-11(7-13(15)21)8-14-20(23)28-19(22-14)12-9-16(25-2)18(27-4)17(10-12)26-3/h5-10H,1-4H3. The van der Waals surface area contributed by atoms with Crippen LogP contribution in [0.3, 0.4) is 0 Å². The molecule has 0 aromatic heterocycles. The fourth-order valence-electron chi connectivity index (χ4n) is 2.67. The number of esters is 1. The van der Waals surface area contributed by atoms with E-state index in [0.29, 0.717) is 28.6 Å². The summed E-state index contributed by atoms with van der Waals surface area (Å²) in [7, 11) is 6.12. The van der Waals surface area contributed by atoms with E-state index in [4.69, 9.17) is 23.7 Å². The first-order valence-corrected chi connectivity index (χ1v) is 8.96. The zero-order valence-corrected chi connectivity index (χ0v) is 17.3. The van der Waals surface area contributed by atoms with Crippen molar-refractivity contribution in [2.24, 2.45) is 4.99 Å². The second-order valence-electron chi connectivity index (χ2n) is 5.64. The molecule has 0 spiro atoms. The predicted molar refractivity (Wildman–Crippen MR) is 107 cm³/mol. The summed E-state index contributed by atoms with van der Waals surface area (Å²) >= 11 is 3.42. The maximum atomic E-state index is 12.3. The molecule has 1 heterocycles. The highest BCUT2D eigenvalue weighted by atomic mass is 79.9. The van der Waals surface area contributed by atoms with E-state index in [1.807, 2.05) is 12.1 Å². The van der Waals surface area contributed by atoms with Gasteiger partial charge in [-0.3, -0.25) is 0 Å². The van der Waals surface area contributed by atoms with Crippen molar-refractivity contribution in [2.75, 3.05) is 28.4 Å². The van der Waals surface area contributed by atoms with Gasteiger partial charge in [-0.25, -0.2) is 9.79 Å². The van der Waals surface area contributed by atoms with Crippen LogP contribution in [0.4, 0.5) is 0 Å². The molecule has 3 rings (SSSR count). The predicted octanol–water partition coefficient (Wildman–Crippen LogP) is 3.83. The van der Waals surface area contributed by atoms with E-state index in [-0.39, 0.29) is 11.6 Å². The summed E-state index contributed by atoms with van der Waals surface area (Å²) in [4.78, 5) is 16.6. The van der Waals surface area contributed by atoms with E-state index in [0.717, 1.165) is 10.0 Å². The average molecular weight is 448 g/mol. The Morgan fingerprint density at radius 2 is 1.57 bits per heavy atom. The maximum absolute atomic E-state index is 12.3. The number of halogens is 1. The van der Waals surface area contributed by atoms with Crippen LogP contribution in [0.5, 0.6) is 23.0 Å². The fourth-order valence-corrected chi connectivity index (χ4v) is 3.23. The number of benzene rings is 2. The third kappa shape index (κ3) is 3.82. The molecule has 0 aliphatic carbocycles. The second-order valence-corrected chi connectivity index (χ2v) is 6.50. The molecule has 7 nitrogen and oxygen atoms in total. The lowest BCUT2D eigenvalue weighted by Gasteiger charge is -2.13. The molecule has 0 atom stereocenters. The maximum Gasteiger partial charge on any atom is 0.363 e. The molecule has 0 radical (unpaired) electrons. The molecular weight excluding hydrogens is 430 g/mol. The molecule has 0 fully saturated rings. The average Bonchev–Trinajstić information content (AvgIpc) is 3.07. The number of carbonyl (C=O) groups excluding carboxylic acids is 1. The van der Waals surface area contributed by atoms with Crippen molar-refractivity contribution in [3.63, 3.8) is 0 Å². The Morgan fingerprint density at radius 3 is 2.11 bits per heavy atom. The first-order valence-electron chi connectivity index (χ1n) is 8.17. The third-order valence-corrected chi connectivity index (χ3v) is 4.63. The normalized spacial score (nSPS) is 14.5. The zero-order chi connectivity index (χ0) is 20.3. The van der Waals surface area contributed by atoms with Crippen molar-refractivity contribution >= 4 is 33.9 Å². The zero-order valence-electron chi connectivity index (χ0n) is 15.7. The third-order valence-electron chi connectivity index (χ3n) is 4.01. The van der Waals surface area contributed by atoms with Crippen LogP contribution in [-0.2, 0) is 9.53 Å². The lowest BCUT2D eigenvalue weighted by Crippen LogP contribution is -2.06. The topological polar surface area (TPSA) is 75.6 Å². The molecule has 0 saturated carbocycles. The van der Waals surface area contributed by atoms with E-state index >= 15 is 0 Å². The molecule has 0 N–H and O–H groups in total. The van der Waals surface area contributed by atoms with Crippen LogP contribution >= 0.6 is 15.9 Å². The molecule has 0 amide bonds. The number of aliphatic imine (C=N–C) groups is 1. The van der Waals surface area contributed by atoms with Gasteiger partial charge in [0.15, 0.2) is 17.2 Å². The molecular formula is C20H18BrNO6. The Bertz CT molecular complexity index is 958. The highest BCUT2D eigenvalue weighted by Gasteiger charge is 2.26. The molecule has 1 aliphatic rings. The Balaban J connectivity index is 1.99. The Labute approximate surface area is 170 Å². The molecule has 8 heteroatoms. The minimum atomic E-state index is -0.546. The molecule has 2 aromatic carbocycles. The van der Waals surface area contributed by atoms with E-state index in [2.05, 4.69) is 20.9 Å². The number of methoxy groups -OCH3 is 4. The van der Waals surface area contributed by atoms with Gasteiger partial charge in [0.2, 0.25) is 11.6 Å². The van der Waals surface area contributed by atoms with Gasteiger partial charge >= 0.3 is 5.97 Å². The van der Waals surface area contributed by atoms with E-state index in [1.165, 1.54) is 21.3 Å². The smallest absolute Gasteiger partial charge is 0.363 e. The number of nitrogens with zero attached hydrogens (tertiary/aromatic N) is 1. The van der Waals surface area contributed by atoms with Crippen LogP contribution in [0.25, 0.3) is 6.08 Å². The van der Waals surface area contributed by atoms with Crippen molar-refractivity contribution in [2.45, 2.75) is 0 Å². The summed E-state index contributed by atoms with van der Waals surface area (Å²) in [5.41, 5.74) is 1.48. The fraction of sp³-hybridized carbons (Fsp3) is 0.200. The molecule has 1 aliphatic heterocycles. The number of carbonyl (C=O) groups is 1. The lowest BCUT2D eigenvalue weighted by atomic mass is 10.1. The van der Waals surface area contributed by atoms with Crippen molar-refractivity contribution in [1.82, 2.24) is 0 Å². The monoisotopic (exact) mass is 447 g/mol. The number of ether oxygens (including phenoxy) is 5. The quantitative estimate of drug-likeness (QED) is 0.494. The van der Waals surface area contributed by atoms with Crippen LogP contribution in [0, 0.1) is 0 Å². The largest absolute Gasteiger partial charge is 0.496 e. The summed E-state index contributed by atoms with van der Waals surface area (Å²) in [6.45, 7) is 0. The van der Waals surface area contributed by atoms with Crippen LogP contribution in [0.15, 0.2) is 45.5 Å². The number of cyclic esters (lactones) is 1. The Kier molecular flexibility index (Phi) is 5.89.